The summed E-state index contributed by atoms with van der Waals surface area (Å²) in [5.74, 6) is 1.41. The Balaban J connectivity index is 1.83. The van der Waals surface area contributed by atoms with Crippen LogP contribution in [0.4, 0.5) is 0 Å². The highest BCUT2D eigenvalue weighted by Gasteiger charge is 2.17. The van der Waals surface area contributed by atoms with Crippen LogP contribution in [0.1, 0.15) is 19.8 Å². The fraction of sp³-hybridized carbons (Fsp3) is 0.467. The van der Waals surface area contributed by atoms with Crippen LogP contribution in [0.25, 0.3) is 11.4 Å². The molecular weight excluding hydrogens is 339 g/mol. The fourth-order valence-electron chi connectivity index (χ4n) is 2.87. The summed E-state index contributed by atoms with van der Waals surface area (Å²) in [5.41, 5.74) is 0.808. The van der Waals surface area contributed by atoms with Gasteiger partial charge >= 0.3 is 0 Å². The van der Waals surface area contributed by atoms with Gasteiger partial charge in [0.25, 0.3) is 0 Å². The van der Waals surface area contributed by atoms with Crippen molar-refractivity contribution in [2.24, 2.45) is 5.92 Å². The van der Waals surface area contributed by atoms with Crippen LogP contribution in [-0.4, -0.2) is 32.8 Å². The van der Waals surface area contributed by atoms with E-state index >= 15 is 0 Å². The topological polar surface area (TPSA) is 36.9 Å². The molecule has 118 valence electrons. The summed E-state index contributed by atoms with van der Waals surface area (Å²) in [6.07, 6.45) is 2.54. The third kappa shape index (κ3) is 3.54. The molecule has 2 heterocycles. The van der Waals surface area contributed by atoms with E-state index in [1.807, 2.05) is 10.7 Å². The van der Waals surface area contributed by atoms with Gasteiger partial charge in [-0.3, -0.25) is 10.00 Å². The molecule has 1 aromatic carbocycles. The molecule has 0 bridgehead atoms. The quantitative estimate of drug-likeness (QED) is 0.816. The van der Waals surface area contributed by atoms with E-state index < -0.39 is 0 Å². The van der Waals surface area contributed by atoms with Gasteiger partial charge in [-0.2, -0.15) is 4.98 Å². The number of hydrogen-bond donors (Lipinski definition) is 1. The van der Waals surface area contributed by atoms with Gasteiger partial charge in [0.2, 0.25) is 4.77 Å². The van der Waals surface area contributed by atoms with Crippen molar-refractivity contribution in [2.45, 2.75) is 26.4 Å². The summed E-state index contributed by atoms with van der Waals surface area (Å²) < 4.78 is 2.44. The van der Waals surface area contributed by atoms with E-state index in [9.17, 15) is 0 Å². The maximum atomic E-state index is 6.24. The molecule has 0 amide bonds. The average Bonchev–Trinajstić information content (AvgIpc) is 2.80. The van der Waals surface area contributed by atoms with Gasteiger partial charge in [-0.15, -0.1) is 0 Å². The van der Waals surface area contributed by atoms with Gasteiger partial charge in [0, 0.05) is 17.1 Å². The third-order valence-corrected chi connectivity index (χ3v) is 4.81. The summed E-state index contributed by atoms with van der Waals surface area (Å²) in [6, 6.07) is 5.36. The van der Waals surface area contributed by atoms with Crippen LogP contribution in [0.2, 0.25) is 10.0 Å². The van der Waals surface area contributed by atoms with Crippen molar-refractivity contribution in [3.05, 3.63) is 33.0 Å². The number of rotatable bonds is 3. The lowest BCUT2D eigenvalue weighted by Gasteiger charge is -2.30. The van der Waals surface area contributed by atoms with Gasteiger partial charge in [-0.25, -0.2) is 4.68 Å². The molecule has 7 heteroatoms. The van der Waals surface area contributed by atoms with Crippen LogP contribution in [-0.2, 0) is 6.67 Å². The summed E-state index contributed by atoms with van der Waals surface area (Å²) in [7, 11) is 0. The van der Waals surface area contributed by atoms with Gasteiger partial charge in [0.05, 0.1) is 11.7 Å². The van der Waals surface area contributed by atoms with Crippen LogP contribution < -0.4 is 0 Å². The number of H-pyrrole nitrogens is 1. The summed E-state index contributed by atoms with van der Waals surface area (Å²) in [5, 5.41) is 4.42. The van der Waals surface area contributed by atoms with Gasteiger partial charge in [-0.05, 0) is 55.7 Å². The Morgan fingerprint density at radius 2 is 2.23 bits per heavy atom. The molecule has 1 aromatic heterocycles. The lowest BCUT2D eigenvalue weighted by Crippen LogP contribution is -2.36. The molecule has 0 spiro atoms. The van der Waals surface area contributed by atoms with Crippen molar-refractivity contribution in [1.29, 1.82) is 0 Å². The Bertz CT molecular complexity index is 725. The van der Waals surface area contributed by atoms with Crippen LogP contribution in [0.5, 0.6) is 0 Å². The number of aromatic nitrogens is 3. The standard InChI is InChI=1S/C15H18Cl2N4S/c1-10-3-2-6-20(8-10)9-21-15(22)18-14(19-21)12-5-4-11(16)7-13(12)17/h4-5,7,10H,2-3,6,8-9H2,1H3,(H,18,19,22)/t10-/m1/s1. The highest BCUT2D eigenvalue weighted by Crippen LogP contribution is 2.28. The van der Waals surface area contributed by atoms with Gasteiger partial charge in [0.1, 0.15) is 0 Å². The molecule has 0 radical (unpaired) electrons. The zero-order chi connectivity index (χ0) is 15.7. The number of benzene rings is 1. The number of aromatic amines is 1. The molecule has 0 saturated carbocycles. The van der Waals surface area contributed by atoms with E-state index in [0.29, 0.717) is 20.6 Å². The van der Waals surface area contributed by atoms with Crippen molar-refractivity contribution in [3.8, 4) is 11.4 Å². The van der Waals surface area contributed by atoms with E-state index in [1.165, 1.54) is 12.8 Å². The Kier molecular flexibility index (Phi) is 4.88. The minimum Gasteiger partial charge on any atom is -0.284 e. The van der Waals surface area contributed by atoms with Crippen molar-refractivity contribution < 1.29 is 0 Å². The van der Waals surface area contributed by atoms with Crippen LogP contribution in [0, 0.1) is 10.7 Å². The number of hydrogen-bond acceptors (Lipinski definition) is 3. The Labute approximate surface area is 145 Å². The van der Waals surface area contributed by atoms with Crippen molar-refractivity contribution in [3.63, 3.8) is 0 Å². The lowest BCUT2D eigenvalue weighted by atomic mass is 10.0. The van der Waals surface area contributed by atoms with E-state index in [2.05, 4.69) is 21.9 Å². The second kappa shape index (κ2) is 6.71. The maximum absolute atomic E-state index is 6.24. The largest absolute Gasteiger partial charge is 0.284 e. The first kappa shape index (κ1) is 16.0. The molecule has 1 aliphatic rings. The maximum Gasteiger partial charge on any atom is 0.217 e. The molecule has 0 aliphatic carbocycles. The Morgan fingerprint density at radius 1 is 1.41 bits per heavy atom. The normalized spacial score (nSPS) is 19.5. The first-order valence-electron chi connectivity index (χ1n) is 7.37. The minimum atomic E-state index is 0.541. The molecular formula is C15H18Cl2N4S. The summed E-state index contributed by atoms with van der Waals surface area (Å²) in [4.78, 5) is 6.82. The molecule has 1 N–H and O–H groups in total. The average molecular weight is 357 g/mol. The molecule has 1 fully saturated rings. The van der Waals surface area contributed by atoms with Crippen LogP contribution >= 0.6 is 35.4 Å². The predicted molar refractivity (Wildman–Crippen MR) is 92.8 cm³/mol. The van der Waals surface area contributed by atoms with Gasteiger partial charge in [0.15, 0.2) is 5.82 Å². The Hall–Kier alpha value is -0.880. The zero-order valence-electron chi connectivity index (χ0n) is 12.4. The molecule has 1 saturated heterocycles. The molecule has 3 rings (SSSR count). The monoisotopic (exact) mass is 356 g/mol. The van der Waals surface area contributed by atoms with Gasteiger partial charge < -0.3 is 0 Å². The molecule has 2 aromatic rings. The van der Waals surface area contributed by atoms with Crippen molar-refractivity contribution in [1.82, 2.24) is 19.7 Å². The highest BCUT2D eigenvalue weighted by atomic mass is 35.5. The summed E-state index contributed by atoms with van der Waals surface area (Å²) in [6.45, 7) is 5.22. The first-order chi connectivity index (χ1) is 10.5. The number of likely N-dealkylation sites (tertiary alicyclic amines) is 1. The molecule has 1 atom stereocenters. The number of piperidine rings is 1. The van der Waals surface area contributed by atoms with Crippen molar-refractivity contribution >= 4 is 35.4 Å². The zero-order valence-corrected chi connectivity index (χ0v) is 14.7. The second-order valence-corrected chi connectivity index (χ2v) is 7.08. The SMILES string of the molecule is C[C@@H]1CCCN(Cn2[nH]c(-c3ccc(Cl)cc3Cl)nc2=S)C1. The molecule has 22 heavy (non-hydrogen) atoms. The lowest BCUT2D eigenvalue weighted by molar-refractivity contribution is 0.138. The number of nitrogens with zero attached hydrogens (tertiary/aromatic N) is 3. The molecule has 4 nitrogen and oxygen atoms in total. The first-order valence-corrected chi connectivity index (χ1v) is 8.54. The van der Waals surface area contributed by atoms with E-state index in [1.54, 1.807) is 12.1 Å². The van der Waals surface area contributed by atoms with Crippen LogP contribution in [0.3, 0.4) is 0 Å². The number of halogens is 2. The molecule has 0 unspecified atom stereocenters. The third-order valence-electron chi connectivity index (χ3n) is 3.95. The Morgan fingerprint density at radius 3 is 2.95 bits per heavy atom. The molecule has 1 aliphatic heterocycles. The van der Waals surface area contributed by atoms with Crippen molar-refractivity contribution in [2.75, 3.05) is 13.1 Å². The number of nitrogens with one attached hydrogen (secondary N) is 1. The van der Waals surface area contributed by atoms with Gasteiger partial charge in [-0.1, -0.05) is 30.1 Å². The fourth-order valence-corrected chi connectivity index (χ4v) is 3.56. The predicted octanol–water partition coefficient (Wildman–Crippen LogP) is 4.60. The van der Waals surface area contributed by atoms with Crippen LogP contribution in [0.15, 0.2) is 18.2 Å². The van der Waals surface area contributed by atoms with E-state index in [-0.39, 0.29) is 0 Å². The summed E-state index contributed by atoms with van der Waals surface area (Å²) >= 11 is 17.5. The second-order valence-electron chi connectivity index (χ2n) is 5.87. The minimum absolute atomic E-state index is 0.541. The van der Waals surface area contributed by atoms with E-state index in [4.69, 9.17) is 35.4 Å². The van der Waals surface area contributed by atoms with E-state index in [0.717, 1.165) is 31.2 Å². The smallest absolute Gasteiger partial charge is 0.217 e. The highest BCUT2D eigenvalue weighted by molar-refractivity contribution is 7.71.